The summed E-state index contributed by atoms with van der Waals surface area (Å²) < 4.78 is 18.2. The Balaban J connectivity index is 1.60. The van der Waals surface area contributed by atoms with Crippen molar-refractivity contribution in [2.75, 3.05) is 24.3 Å². The molecule has 2 N–H and O–H groups in total. The van der Waals surface area contributed by atoms with Gasteiger partial charge in [0, 0.05) is 6.54 Å². The van der Waals surface area contributed by atoms with Crippen LogP contribution in [0.4, 0.5) is 21.8 Å². The normalized spacial score (nSPS) is 10.3. The average Bonchev–Trinajstić information content (AvgIpc) is 2.64. The number of aromatic nitrogens is 3. The topological polar surface area (TPSA) is 72.0 Å². The standard InChI is InChI=1S/C18H18FN5O/c1-25-16-5-3-2-4-15(16)22-17-12-21-24-18(23-17)20-11-10-13-6-8-14(19)9-7-13/h2-9,12H,10-11H2,1H3,(H2,20,22,23,24). The number of para-hydroxylation sites is 2. The second-order valence-electron chi connectivity index (χ2n) is 5.29. The van der Waals surface area contributed by atoms with E-state index >= 15 is 0 Å². The van der Waals surface area contributed by atoms with Crippen molar-refractivity contribution in [1.29, 1.82) is 0 Å². The number of halogens is 1. The van der Waals surface area contributed by atoms with Gasteiger partial charge in [-0.1, -0.05) is 24.3 Å². The zero-order chi connectivity index (χ0) is 17.5. The van der Waals surface area contributed by atoms with E-state index in [-0.39, 0.29) is 5.82 Å². The molecule has 0 aliphatic carbocycles. The number of ether oxygens (including phenoxy) is 1. The summed E-state index contributed by atoms with van der Waals surface area (Å²) in [6.45, 7) is 0.616. The van der Waals surface area contributed by atoms with Crippen LogP contribution in [0.5, 0.6) is 5.75 Å². The molecule has 3 rings (SSSR count). The van der Waals surface area contributed by atoms with Gasteiger partial charge in [0.2, 0.25) is 5.95 Å². The van der Waals surface area contributed by atoms with Crippen LogP contribution in [0.1, 0.15) is 5.56 Å². The molecule has 0 amide bonds. The van der Waals surface area contributed by atoms with Crippen molar-refractivity contribution in [3.05, 3.63) is 66.1 Å². The molecular formula is C18H18FN5O. The van der Waals surface area contributed by atoms with Gasteiger partial charge in [-0.05, 0) is 36.2 Å². The Labute approximate surface area is 145 Å². The molecule has 3 aromatic rings. The average molecular weight is 339 g/mol. The lowest BCUT2D eigenvalue weighted by molar-refractivity contribution is 0.417. The first-order chi connectivity index (χ1) is 12.2. The van der Waals surface area contributed by atoms with Gasteiger partial charge in [0.05, 0.1) is 19.0 Å². The van der Waals surface area contributed by atoms with E-state index in [2.05, 4.69) is 25.8 Å². The molecule has 0 bridgehead atoms. The van der Waals surface area contributed by atoms with E-state index in [1.54, 1.807) is 19.2 Å². The molecule has 1 aromatic heterocycles. The van der Waals surface area contributed by atoms with Gasteiger partial charge in [0.1, 0.15) is 11.6 Å². The summed E-state index contributed by atoms with van der Waals surface area (Å²) in [5.74, 6) is 1.46. The highest BCUT2D eigenvalue weighted by Crippen LogP contribution is 2.25. The summed E-state index contributed by atoms with van der Waals surface area (Å²) in [4.78, 5) is 4.38. The molecule has 0 aliphatic heterocycles. The number of benzene rings is 2. The Hall–Kier alpha value is -3.22. The van der Waals surface area contributed by atoms with Crippen molar-refractivity contribution in [3.8, 4) is 5.75 Å². The second kappa shape index (κ2) is 8.05. The van der Waals surface area contributed by atoms with Gasteiger partial charge in [0.15, 0.2) is 5.82 Å². The molecule has 0 saturated carbocycles. The van der Waals surface area contributed by atoms with E-state index in [4.69, 9.17) is 4.74 Å². The minimum atomic E-state index is -0.237. The Morgan fingerprint density at radius 2 is 1.88 bits per heavy atom. The number of nitrogens with one attached hydrogen (secondary N) is 2. The van der Waals surface area contributed by atoms with Crippen LogP contribution >= 0.6 is 0 Å². The van der Waals surface area contributed by atoms with E-state index < -0.39 is 0 Å². The first kappa shape index (κ1) is 16.6. The third-order valence-corrected chi connectivity index (χ3v) is 3.54. The summed E-state index contributed by atoms with van der Waals surface area (Å²) >= 11 is 0. The number of hydrogen-bond acceptors (Lipinski definition) is 6. The number of hydrogen-bond donors (Lipinski definition) is 2. The minimum Gasteiger partial charge on any atom is -0.495 e. The van der Waals surface area contributed by atoms with Gasteiger partial charge in [-0.15, -0.1) is 5.10 Å². The van der Waals surface area contributed by atoms with Crippen molar-refractivity contribution in [2.24, 2.45) is 0 Å². The summed E-state index contributed by atoms with van der Waals surface area (Å²) in [6.07, 6.45) is 2.27. The molecule has 0 saturated heterocycles. The van der Waals surface area contributed by atoms with Gasteiger partial charge in [0.25, 0.3) is 0 Å². The monoisotopic (exact) mass is 339 g/mol. The predicted octanol–water partition coefficient (Wildman–Crippen LogP) is 3.42. The third-order valence-electron chi connectivity index (χ3n) is 3.54. The fourth-order valence-electron chi connectivity index (χ4n) is 2.29. The Bertz CT molecular complexity index is 826. The van der Waals surface area contributed by atoms with E-state index in [1.807, 2.05) is 24.3 Å². The lowest BCUT2D eigenvalue weighted by Crippen LogP contribution is -2.09. The summed E-state index contributed by atoms with van der Waals surface area (Å²) in [5.41, 5.74) is 1.83. The van der Waals surface area contributed by atoms with Crippen molar-refractivity contribution in [1.82, 2.24) is 15.2 Å². The summed E-state index contributed by atoms with van der Waals surface area (Å²) in [6, 6.07) is 14.0. The molecule has 128 valence electrons. The quantitative estimate of drug-likeness (QED) is 0.687. The van der Waals surface area contributed by atoms with Crippen LogP contribution in [0.2, 0.25) is 0 Å². The van der Waals surface area contributed by atoms with Crippen LogP contribution in [0, 0.1) is 5.82 Å². The fourth-order valence-corrected chi connectivity index (χ4v) is 2.29. The zero-order valence-electron chi connectivity index (χ0n) is 13.7. The molecule has 2 aromatic carbocycles. The van der Waals surface area contributed by atoms with Crippen molar-refractivity contribution in [2.45, 2.75) is 6.42 Å². The molecule has 1 heterocycles. The molecule has 0 radical (unpaired) electrons. The first-order valence-electron chi connectivity index (χ1n) is 7.82. The van der Waals surface area contributed by atoms with Crippen molar-refractivity contribution in [3.63, 3.8) is 0 Å². The highest BCUT2D eigenvalue weighted by molar-refractivity contribution is 5.63. The smallest absolute Gasteiger partial charge is 0.244 e. The highest BCUT2D eigenvalue weighted by atomic mass is 19.1. The van der Waals surface area contributed by atoms with E-state index in [9.17, 15) is 4.39 Å². The predicted molar refractivity (Wildman–Crippen MR) is 94.7 cm³/mol. The number of nitrogens with zero attached hydrogens (tertiary/aromatic N) is 3. The lowest BCUT2D eigenvalue weighted by atomic mass is 10.1. The number of anilines is 3. The Morgan fingerprint density at radius 3 is 2.68 bits per heavy atom. The lowest BCUT2D eigenvalue weighted by Gasteiger charge is -2.10. The van der Waals surface area contributed by atoms with Gasteiger partial charge < -0.3 is 15.4 Å². The maximum atomic E-state index is 12.9. The van der Waals surface area contributed by atoms with Crippen LogP contribution in [0.25, 0.3) is 0 Å². The van der Waals surface area contributed by atoms with Crippen LogP contribution in [-0.4, -0.2) is 28.8 Å². The van der Waals surface area contributed by atoms with Gasteiger partial charge >= 0.3 is 0 Å². The van der Waals surface area contributed by atoms with Crippen LogP contribution in [0.15, 0.2) is 54.7 Å². The molecule has 7 heteroatoms. The molecule has 0 unspecified atom stereocenters. The van der Waals surface area contributed by atoms with E-state index in [1.165, 1.54) is 18.3 Å². The largest absolute Gasteiger partial charge is 0.495 e. The van der Waals surface area contributed by atoms with Crippen LogP contribution in [-0.2, 0) is 6.42 Å². The Kier molecular flexibility index (Phi) is 5.36. The molecule has 0 fully saturated rings. The maximum absolute atomic E-state index is 12.9. The third kappa shape index (κ3) is 4.63. The van der Waals surface area contributed by atoms with Crippen molar-refractivity contribution < 1.29 is 9.13 Å². The fraction of sp³-hybridized carbons (Fsp3) is 0.167. The molecule has 25 heavy (non-hydrogen) atoms. The molecule has 0 atom stereocenters. The summed E-state index contributed by atoms with van der Waals surface area (Å²) in [7, 11) is 1.61. The van der Waals surface area contributed by atoms with Crippen molar-refractivity contribution >= 4 is 17.5 Å². The number of rotatable bonds is 7. The van der Waals surface area contributed by atoms with Gasteiger partial charge in [-0.25, -0.2) is 4.39 Å². The molecule has 0 aliphatic rings. The summed E-state index contributed by atoms with van der Waals surface area (Å²) in [5, 5.41) is 14.2. The minimum absolute atomic E-state index is 0.237. The van der Waals surface area contributed by atoms with E-state index in [0.717, 1.165) is 17.7 Å². The van der Waals surface area contributed by atoms with Gasteiger partial charge in [-0.3, -0.25) is 0 Å². The SMILES string of the molecule is COc1ccccc1Nc1cnnc(NCCc2ccc(F)cc2)n1. The molecular weight excluding hydrogens is 321 g/mol. The van der Waals surface area contributed by atoms with E-state index in [0.29, 0.717) is 24.1 Å². The van der Waals surface area contributed by atoms with Crippen LogP contribution < -0.4 is 15.4 Å². The number of methoxy groups -OCH3 is 1. The van der Waals surface area contributed by atoms with Gasteiger partial charge in [-0.2, -0.15) is 10.1 Å². The molecule has 0 spiro atoms. The zero-order valence-corrected chi connectivity index (χ0v) is 13.7. The Morgan fingerprint density at radius 1 is 1.08 bits per heavy atom. The van der Waals surface area contributed by atoms with Crippen LogP contribution in [0.3, 0.4) is 0 Å². The first-order valence-corrected chi connectivity index (χ1v) is 7.82. The highest BCUT2D eigenvalue weighted by Gasteiger charge is 2.05. The molecule has 6 nitrogen and oxygen atoms in total. The second-order valence-corrected chi connectivity index (χ2v) is 5.29. The maximum Gasteiger partial charge on any atom is 0.244 e.